The second-order valence-electron chi connectivity index (χ2n) is 4.60. The van der Waals surface area contributed by atoms with Crippen molar-refractivity contribution >= 4 is 0 Å². The highest BCUT2D eigenvalue weighted by atomic mass is 16.3. The summed E-state index contributed by atoms with van der Waals surface area (Å²) in [5.74, 6) is 0. The van der Waals surface area contributed by atoms with E-state index in [1.54, 1.807) is 0 Å². The van der Waals surface area contributed by atoms with E-state index in [1.807, 2.05) is 0 Å². The topological polar surface area (TPSA) is 38.7 Å². The lowest BCUT2D eigenvalue weighted by Crippen LogP contribution is -2.54. The van der Waals surface area contributed by atoms with E-state index >= 15 is 0 Å². The molecule has 0 aromatic heterocycles. The molecule has 0 aromatic carbocycles. The summed E-state index contributed by atoms with van der Waals surface area (Å²) in [6.07, 6.45) is 2.68. The molecule has 1 atom stereocenters. The number of rotatable bonds is 3. The summed E-state index contributed by atoms with van der Waals surface area (Å²) >= 11 is 0. The lowest BCUT2D eigenvalue weighted by Gasteiger charge is -2.40. The number of hydrogen-bond acceptors (Lipinski definition) is 4. The highest BCUT2D eigenvalue weighted by Crippen LogP contribution is 2.12. The number of hydrogen-bond donors (Lipinski definition) is 2. The first-order chi connectivity index (χ1) is 7.40. The Morgan fingerprint density at radius 1 is 1.20 bits per heavy atom. The van der Waals surface area contributed by atoms with E-state index in [2.05, 4.69) is 15.1 Å². The Hall–Kier alpha value is -0.160. The van der Waals surface area contributed by atoms with Gasteiger partial charge in [-0.05, 0) is 19.4 Å². The van der Waals surface area contributed by atoms with Crippen molar-refractivity contribution < 1.29 is 5.11 Å². The third-order valence-corrected chi connectivity index (χ3v) is 3.61. The minimum atomic E-state index is 0.297. The van der Waals surface area contributed by atoms with Gasteiger partial charge in [-0.2, -0.15) is 0 Å². The van der Waals surface area contributed by atoms with Crippen LogP contribution in [0, 0.1) is 0 Å². The van der Waals surface area contributed by atoms with Gasteiger partial charge in [0.05, 0.1) is 6.61 Å². The van der Waals surface area contributed by atoms with Crippen LogP contribution in [-0.4, -0.2) is 73.4 Å². The van der Waals surface area contributed by atoms with Gasteiger partial charge >= 0.3 is 0 Å². The van der Waals surface area contributed by atoms with E-state index in [4.69, 9.17) is 5.11 Å². The van der Waals surface area contributed by atoms with Gasteiger partial charge in [-0.15, -0.1) is 0 Å². The summed E-state index contributed by atoms with van der Waals surface area (Å²) < 4.78 is 0. The minimum absolute atomic E-state index is 0.297. The molecule has 0 radical (unpaired) electrons. The van der Waals surface area contributed by atoms with E-state index in [1.165, 1.54) is 39.0 Å². The Labute approximate surface area is 92.2 Å². The SMILES string of the molecule is OCCN1CCN(C2CCCNC2)CC1. The van der Waals surface area contributed by atoms with Crippen LogP contribution < -0.4 is 5.32 Å². The number of aliphatic hydroxyl groups is 1. The fourth-order valence-electron chi connectivity index (χ4n) is 2.64. The van der Waals surface area contributed by atoms with Gasteiger partial charge in [-0.25, -0.2) is 0 Å². The molecule has 2 heterocycles. The lowest BCUT2D eigenvalue weighted by molar-refractivity contribution is 0.0743. The maximum atomic E-state index is 8.87. The number of piperazine rings is 1. The zero-order chi connectivity index (χ0) is 10.5. The predicted octanol–water partition coefficient (Wildman–Crippen LogP) is -0.652. The van der Waals surface area contributed by atoms with Crippen LogP contribution in [0.2, 0.25) is 0 Å². The second-order valence-corrected chi connectivity index (χ2v) is 4.60. The van der Waals surface area contributed by atoms with Crippen LogP contribution >= 0.6 is 0 Å². The summed E-state index contributed by atoms with van der Waals surface area (Å²) in [5.41, 5.74) is 0. The van der Waals surface area contributed by atoms with Gasteiger partial charge in [0.25, 0.3) is 0 Å². The molecule has 2 aliphatic heterocycles. The van der Waals surface area contributed by atoms with Crippen molar-refractivity contribution in [1.82, 2.24) is 15.1 Å². The van der Waals surface area contributed by atoms with Gasteiger partial charge in [0, 0.05) is 45.3 Å². The first-order valence-corrected chi connectivity index (χ1v) is 6.18. The van der Waals surface area contributed by atoms with Gasteiger partial charge in [0.2, 0.25) is 0 Å². The Morgan fingerprint density at radius 3 is 2.60 bits per heavy atom. The molecule has 2 saturated heterocycles. The number of nitrogens with one attached hydrogen (secondary N) is 1. The molecule has 15 heavy (non-hydrogen) atoms. The summed E-state index contributed by atoms with van der Waals surface area (Å²) in [6, 6.07) is 0.759. The number of piperidine rings is 1. The molecule has 4 heteroatoms. The summed E-state index contributed by atoms with van der Waals surface area (Å²) in [6.45, 7) is 8.09. The number of aliphatic hydroxyl groups excluding tert-OH is 1. The van der Waals surface area contributed by atoms with Crippen molar-refractivity contribution in [2.75, 3.05) is 52.4 Å². The zero-order valence-electron chi connectivity index (χ0n) is 9.49. The average Bonchev–Trinajstić information content (AvgIpc) is 2.32. The van der Waals surface area contributed by atoms with Crippen molar-refractivity contribution in [3.63, 3.8) is 0 Å². The number of β-amino-alcohol motifs (C(OH)–C–C–N with tert-alkyl or cyclic N) is 1. The molecular weight excluding hydrogens is 190 g/mol. The van der Waals surface area contributed by atoms with Gasteiger partial charge in [-0.1, -0.05) is 0 Å². The highest BCUT2D eigenvalue weighted by molar-refractivity contribution is 4.82. The van der Waals surface area contributed by atoms with Crippen LogP contribution in [0.25, 0.3) is 0 Å². The van der Waals surface area contributed by atoms with E-state index in [0.29, 0.717) is 6.61 Å². The van der Waals surface area contributed by atoms with Crippen molar-refractivity contribution in [2.45, 2.75) is 18.9 Å². The van der Waals surface area contributed by atoms with Crippen LogP contribution in [0.4, 0.5) is 0 Å². The third kappa shape index (κ3) is 3.14. The molecule has 0 saturated carbocycles. The molecule has 1 unspecified atom stereocenters. The van der Waals surface area contributed by atoms with Gasteiger partial charge < -0.3 is 10.4 Å². The summed E-state index contributed by atoms with van der Waals surface area (Å²) in [7, 11) is 0. The van der Waals surface area contributed by atoms with Crippen LogP contribution in [0.5, 0.6) is 0 Å². The molecule has 0 aliphatic carbocycles. The van der Waals surface area contributed by atoms with Crippen molar-refractivity contribution in [3.8, 4) is 0 Å². The molecule has 0 bridgehead atoms. The first-order valence-electron chi connectivity index (χ1n) is 6.18. The molecule has 2 fully saturated rings. The van der Waals surface area contributed by atoms with E-state index in [9.17, 15) is 0 Å². The fraction of sp³-hybridized carbons (Fsp3) is 1.00. The summed E-state index contributed by atoms with van der Waals surface area (Å²) in [5, 5.41) is 12.3. The molecule has 0 spiro atoms. The van der Waals surface area contributed by atoms with Crippen LogP contribution in [-0.2, 0) is 0 Å². The van der Waals surface area contributed by atoms with Crippen molar-refractivity contribution in [1.29, 1.82) is 0 Å². The van der Waals surface area contributed by atoms with Crippen molar-refractivity contribution in [3.05, 3.63) is 0 Å². The molecule has 0 amide bonds. The normalized spacial score (nSPS) is 30.6. The standard InChI is InChI=1S/C11H23N3O/c15-9-8-13-4-6-14(7-5-13)11-2-1-3-12-10-11/h11-12,15H,1-10H2. The Balaban J connectivity index is 1.72. The second kappa shape index (κ2) is 5.80. The Bertz CT molecular complexity index is 175. The first kappa shape index (κ1) is 11.3. The minimum Gasteiger partial charge on any atom is -0.395 e. The van der Waals surface area contributed by atoms with Gasteiger partial charge in [-0.3, -0.25) is 9.80 Å². The number of nitrogens with zero attached hydrogens (tertiary/aromatic N) is 2. The maximum Gasteiger partial charge on any atom is 0.0558 e. The van der Waals surface area contributed by atoms with Crippen LogP contribution in [0.15, 0.2) is 0 Å². The highest BCUT2D eigenvalue weighted by Gasteiger charge is 2.24. The molecule has 0 aromatic rings. The average molecular weight is 213 g/mol. The lowest BCUT2D eigenvalue weighted by atomic mass is 10.1. The monoisotopic (exact) mass is 213 g/mol. The maximum absolute atomic E-state index is 8.87. The largest absolute Gasteiger partial charge is 0.395 e. The van der Waals surface area contributed by atoms with E-state index in [0.717, 1.165) is 25.7 Å². The van der Waals surface area contributed by atoms with Gasteiger partial charge in [0.1, 0.15) is 0 Å². The van der Waals surface area contributed by atoms with Gasteiger partial charge in [0.15, 0.2) is 0 Å². The Kier molecular flexibility index (Phi) is 4.38. The molecule has 2 aliphatic rings. The summed E-state index contributed by atoms with van der Waals surface area (Å²) in [4.78, 5) is 4.97. The predicted molar refractivity (Wildman–Crippen MR) is 61.0 cm³/mol. The van der Waals surface area contributed by atoms with E-state index < -0.39 is 0 Å². The quantitative estimate of drug-likeness (QED) is 0.653. The molecule has 88 valence electrons. The molecule has 2 rings (SSSR count). The van der Waals surface area contributed by atoms with Crippen molar-refractivity contribution in [2.24, 2.45) is 0 Å². The zero-order valence-corrected chi connectivity index (χ0v) is 9.49. The smallest absolute Gasteiger partial charge is 0.0558 e. The van der Waals surface area contributed by atoms with Crippen LogP contribution in [0.1, 0.15) is 12.8 Å². The molecule has 4 nitrogen and oxygen atoms in total. The fourth-order valence-corrected chi connectivity index (χ4v) is 2.64. The Morgan fingerprint density at radius 2 is 2.00 bits per heavy atom. The van der Waals surface area contributed by atoms with Crippen LogP contribution in [0.3, 0.4) is 0 Å². The van der Waals surface area contributed by atoms with E-state index in [-0.39, 0.29) is 0 Å². The molecular formula is C11H23N3O. The molecule has 2 N–H and O–H groups in total. The third-order valence-electron chi connectivity index (χ3n) is 3.61.